The topological polar surface area (TPSA) is 46.2 Å². The quantitative estimate of drug-likeness (QED) is 0.867. The van der Waals surface area contributed by atoms with Crippen LogP contribution in [0.4, 0.5) is 0 Å². The van der Waals surface area contributed by atoms with Crippen molar-refractivity contribution in [3.05, 3.63) is 60.2 Å². The van der Waals surface area contributed by atoms with Crippen LogP contribution in [0.5, 0.6) is 0 Å². The van der Waals surface area contributed by atoms with Gasteiger partial charge in [-0.15, -0.1) is 0 Å². The van der Waals surface area contributed by atoms with Crippen LogP contribution in [-0.4, -0.2) is 11.8 Å². The molecule has 1 fully saturated rings. The summed E-state index contributed by atoms with van der Waals surface area (Å²) in [6, 6.07) is 18.3. The van der Waals surface area contributed by atoms with Crippen molar-refractivity contribution >= 4 is 11.8 Å². The van der Waals surface area contributed by atoms with E-state index in [-0.39, 0.29) is 17.7 Å². The lowest BCUT2D eigenvalue weighted by molar-refractivity contribution is -0.125. The monoisotopic (exact) mass is 265 g/mol. The zero-order valence-corrected chi connectivity index (χ0v) is 11.0. The van der Waals surface area contributed by atoms with Crippen LogP contribution in [0.25, 0.3) is 11.1 Å². The third kappa shape index (κ3) is 2.62. The van der Waals surface area contributed by atoms with Crippen molar-refractivity contribution in [3.63, 3.8) is 0 Å². The Hall–Kier alpha value is -2.42. The molecule has 0 saturated carbocycles. The van der Waals surface area contributed by atoms with Gasteiger partial charge in [-0.3, -0.25) is 14.9 Å². The second-order valence-electron chi connectivity index (χ2n) is 5.08. The van der Waals surface area contributed by atoms with Gasteiger partial charge in [-0.25, -0.2) is 0 Å². The molecule has 1 saturated heterocycles. The summed E-state index contributed by atoms with van der Waals surface area (Å²) in [7, 11) is 0. The van der Waals surface area contributed by atoms with E-state index < -0.39 is 0 Å². The highest BCUT2D eigenvalue weighted by Crippen LogP contribution is 2.22. The van der Waals surface area contributed by atoms with Gasteiger partial charge in [0.2, 0.25) is 11.8 Å². The van der Waals surface area contributed by atoms with Gasteiger partial charge in [0, 0.05) is 6.42 Å². The van der Waals surface area contributed by atoms with Gasteiger partial charge in [0.1, 0.15) is 0 Å². The lowest BCUT2D eigenvalue weighted by Gasteiger charge is -2.07. The molecule has 2 aromatic rings. The molecule has 0 bridgehead atoms. The van der Waals surface area contributed by atoms with E-state index in [2.05, 4.69) is 29.6 Å². The molecule has 3 rings (SSSR count). The number of imide groups is 1. The van der Waals surface area contributed by atoms with Crippen LogP contribution < -0.4 is 5.32 Å². The molecule has 1 atom stereocenters. The zero-order chi connectivity index (χ0) is 13.9. The van der Waals surface area contributed by atoms with Crippen LogP contribution in [0.1, 0.15) is 12.0 Å². The van der Waals surface area contributed by atoms with E-state index in [1.165, 1.54) is 5.56 Å². The van der Waals surface area contributed by atoms with Gasteiger partial charge in [-0.2, -0.15) is 0 Å². The van der Waals surface area contributed by atoms with Gasteiger partial charge >= 0.3 is 0 Å². The van der Waals surface area contributed by atoms with Crippen LogP contribution in [0.15, 0.2) is 54.6 Å². The third-order valence-electron chi connectivity index (χ3n) is 3.61. The Morgan fingerprint density at radius 3 is 2.15 bits per heavy atom. The summed E-state index contributed by atoms with van der Waals surface area (Å²) >= 11 is 0. The van der Waals surface area contributed by atoms with E-state index in [0.717, 1.165) is 11.1 Å². The number of rotatable bonds is 3. The summed E-state index contributed by atoms with van der Waals surface area (Å²) in [6.07, 6.45) is 0.923. The molecular weight excluding hydrogens is 250 g/mol. The van der Waals surface area contributed by atoms with Crippen molar-refractivity contribution in [2.45, 2.75) is 12.8 Å². The predicted octanol–water partition coefficient (Wildman–Crippen LogP) is 2.56. The minimum Gasteiger partial charge on any atom is -0.296 e. The zero-order valence-electron chi connectivity index (χ0n) is 11.0. The number of carbonyl (C=O) groups excluding carboxylic acids is 2. The Kier molecular flexibility index (Phi) is 3.33. The molecule has 0 spiro atoms. The molecule has 0 aliphatic carbocycles. The summed E-state index contributed by atoms with van der Waals surface area (Å²) in [6.45, 7) is 0. The Bertz CT molecular complexity index is 632. The van der Waals surface area contributed by atoms with Crippen molar-refractivity contribution in [2.24, 2.45) is 5.92 Å². The maximum Gasteiger partial charge on any atom is 0.230 e. The molecule has 1 aliphatic heterocycles. The molecule has 1 N–H and O–H groups in total. The van der Waals surface area contributed by atoms with E-state index in [9.17, 15) is 9.59 Å². The fraction of sp³-hybridized carbons (Fsp3) is 0.176. The van der Waals surface area contributed by atoms with E-state index in [1.807, 2.05) is 30.3 Å². The first-order chi connectivity index (χ1) is 9.72. The van der Waals surface area contributed by atoms with Crippen molar-refractivity contribution < 1.29 is 9.59 Å². The first kappa shape index (κ1) is 12.6. The maximum atomic E-state index is 11.5. The predicted molar refractivity (Wildman–Crippen MR) is 76.8 cm³/mol. The fourth-order valence-corrected chi connectivity index (χ4v) is 2.52. The molecule has 2 aromatic carbocycles. The maximum absolute atomic E-state index is 11.5. The Labute approximate surface area is 117 Å². The summed E-state index contributed by atoms with van der Waals surface area (Å²) < 4.78 is 0. The standard InChI is InChI=1S/C17H15NO2/c19-16-11-15(17(20)18-16)10-12-6-8-14(9-7-12)13-4-2-1-3-5-13/h1-9,15H,10-11H2,(H,18,19,20). The smallest absolute Gasteiger partial charge is 0.230 e. The molecule has 3 heteroatoms. The van der Waals surface area contributed by atoms with Gasteiger partial charge in [0.15, 0.2) is 0 Å². The molecule has 3 nitrogen and oxygen atoms in total. The number of hydrogen-bond donors (Lipinski definition) is 1. The number of nitrogens with one attached hydrogen (secondary N) is 1. The van der Waals surface area contributed by atoms with Gasteiger partial charge in [-0.05, 0) is 23.1 Å². The van der Waals surface area contributed by atoms with Crippen molar-refractivity contribution in [1.29, 1.82) is 0 Å². The Morgan fingerprint density at radius 1 is 0.900 bits per heavy atom. The lowest BCUT2D eigenvalue weighted by atomic mass is 9.96. The SMILES string of the molecule is O=C1CC(Cc2ccc(-c3ccccc3)cc2)C(=O)N1. The third-order valence-corrected chi connectivity index (χ3v) is 3.61. The number of carbonyl (C=O) groups is 2. The normalized spacial score (nSPS) is 18.1. The van der Waals surface area contributed by atoms with E-state index in [4.69, 9.17) is 0 Å². The van der Waals surface area contributed by atoms with E-state index >= 15 is 0 Å². The summed E-state index contributed by atoms with van der Waals surface area (Å²) in [5.74, 6) is -0.534. The fourth-order valence-electron chi connectivity index (χ4n) is 2.52. The average Bonchev–Trinajstić information content (AvgIpc) is 2.79. The molecule has 1 unspecified atom stereocenters. The molecule has 1 aliphatic rings. The molecule has 1 heterocycles. The minimum atomic E-state index is -0.218. The Morgan fingerprint density at radius 2 is 1.55 bits per heavy atom. The van der Waals surface area contributed by atoms with Gasteiger partial charge < -0.3 is 0 Å². The lowest BCUT2D eigenvalue weighted by Crippen LogP contribution is -2.22. The number of benzene rings is 2. The van der Waals surface area contributed by atoms with Crippen molar-refractivity contribution in [1.82, 2.24) is 5.32 Å². The van der Waals surface area contributed by atoms with Gasteiger partial charge in [0.05, 0.1) is 5.92 Å². The molecule has 20 heavy (non-hydrogen) atoms. The number of hydrogen-bond acceptors (Lipinski definition) is 2. The Balaban J connectivity index is 1.74. The molecule has 0 aromatic heterocycles. The highest BCUT2D eigenvalue weighted by Gasteiger charge is 2.30. The minimum absolute atomic E-state index is 0.151. The van der Waals surface area contributed by atoms with Crippen molar-refractivity contribution in [3.8, 4) is 11.1 Å². The molecular formula is C17H15NO2. The highest BCUT2D eigenvalue weighted by atomic mass is 16.2. The second kappa shape index (κ2) is 5.29. The first-order valence-corrected chi connectivity index (χ1v) is 6.70. The van der Waals surface area contributed by atoms with Crippen LogP contribution >= 0.6 is 0 Å². The molecule has 0 radical (unpaired) electrons. The van der Waals surface area contributed by atoms with Crippen LogP contribution in [-0.2, 0) is 16.0 Å². The first-order valence-electron chi connectivity index (χ1n) is 6.70. The average molecular weight is 265 g/mol. The summed E-state index contributed by atoms with van der Waals surface area (Å²) in [5.41, 5.74) is 3.41. The van der Waals surface area contributed by atoms with E-state index in [1.54, 1.807) is 0 Å². The van der Waals surface area contributed by atoms with Crippen LogP contribution in [0.3, 0.4) is 0 Å². The summed E-state index contributed by atoms with van der Waals surface area (Å²) in [4.78, 5) is 22.7. The largest absolute Gasteiger partial charge is 0.296 e. The molecule has 100 valence electrons. The van der Waals surface area contributed by atoms with Gasteiger partial charge in [0.25, 0.3) is 0 Å². The highest BCUT2D eigenvalue weighted by molar-refractivity contribution is 6.03. The van der Waals surface area contributed by atoms with Crippen LogP contribution in [0.2, 0.25) is 0 Å². The van der Waals surface area contributed by atoms with Crippen LogP contribution in [0, 0.1) is 5.92 Å². The second-order valence-corrected chi connectivity index (χ2v) is 5.08. The van der Waals surface area contributed by atoms with Crippen molar-refractivity contribution in [2.75, 3.05) is 0 Å². The molecule has 2 amide bonds. The van der Waals surface area contributed by atoms with Gasteiger partial charge in [-0.1, -0.05) is 54.6 Å². The summed E-state index contributed by atoms with van der Waals surface area (Å²) in [5, 5.41) is 2.35. The number of amides is 2. The van der Waals surface area contributed by atoms with E-state index in [0.29, 0.717) is 12.8 Å².